The molecule has 0 bridgehead atoms. The summed E-state index contributed by atoms with van der Waals surface area (Å²) in [5.41, 5.74) is 0.128. The minimum atomic E-state index is -1.22. The second-order valence-electron chi connectivity index (χ2n) is 7.65. The fraction of sp³-hybridized carbons (Fsp3) is 0.304. The monoisotopic (exact) mass is 428 g/mol. The van der Waals surface area contributed by atoms with Gasteiger partial charge < -0.3 is 19.7 Å². The number of nitrogens with zero attached hydrogens (tertiary/aromatic N) is 1. The molecule has 0 spiro atoms. The second kappa shape index (κ2) is 8.47. The number of methoxy groups -OCH3 is 1. The van der Waals surface area contributed by atoms with Gasteiger partial charge in [-0.2, -0.15) is 4.39 Å². The third kappa shape index (κ3) is 4.03. The van der Waals surface area contributed by atoms with E-state index in [0.29, 0.717) is 6.42 Å². The maximum Gasteiger partial charge on any atom is 0.257 e. The van der Waals surface area contributed by atoms with Crippen molar-refractivity contribution in [2.24, 2.45) is 0 Å². The molecule has 0 radical (unpaired) electrons. The first-order valence-electron chi connectivity index (χ1n) is 10.0. The molecule has 162 valence electrons. The molecule has 2 N–H and O–H groups in total. The minimum Gasteiger partial charge on any atom is -0.491 e. The van der Waals surface area contributed by atoms with Crippen molar-refractivity contribution >= 4 is 16.8 Å². The van der Waals surface area contributed by atoms with Gasteiger partial charge in [0, 0.05) is 12.2 Å². The van der Waals surface area contributed by atoms with Gasteiger partial charge in [0.25, 0.3) is 5.91 Å². The largest absolute Gasteiger partial charge is 0.491 e. The van der Waals surface area contributed by atoms with Gasteiger partial charge in [-0.1, -0.05) is 30.3 Å². The van der Waals surface area contributed by atoms with E-state index in [9.17, 15) is 23.5 Å². The highest BCUT2D eigenvalue weighted by molar-refractivity contribution is 5.98. The summed E-state index contributed by atoms with van der Waals surface area (Å²) in [6.07, 6.45) is 3.32. The van der Waals surface area contributed by atoms with E-state index >= 15 is 0 Å². The summed E-state index contributed by atoms with van der Waals surface area (Å²) in [5, 5.41) is 12.3. The average molecular weight is 428 g/mol. The molecule has 8 heteroatoms. The van der Waals surface area contributed by atoms with E-state index in [1.54, 1.807) is 4.57 Å². The van der Waals surface area contributed by atoms with Crippen LogP contribution in [0, 0.1) is 11.6 Å². The van der Waals surface area contributed by atoms with Gasteiger partial charge in [-0.05, 0) is 30.9 Å². The predicted octanol–water partition coefficient (Wildman–Crippen LogP) is 2.96. The summed E-state index contributed by atoms with van der Waals surface area (Å²) in [7, 11) is 1.20. The normalized spacial score (nSPS) is 14.5. The molecule has 6 nitrogen and oxygen atoms in total. The summed E-state index contributed by atoms with van der Waals surface area (Å²) >= 11 is 0. The number of hydrogen-bond donors (Lipinski definition) is 2. The van der Waals surface area contributed by atoms with Crippen LogP contribution in [-0.2, 0) is 6.42 Å². The maximum atomic E-state index is 14.3. The molecule has 1 amide bonds. The van der Waals surface area contributed by atoms with Crippen LogP contribution in [0.5, 0.6) is 5.75 Å². The summed E-state index contributed by atoms with van der Waals surface area (Å²) in [6, 6.07) is 9.46. The molecular formula is C23H22F2N2O4. The lowest BCUT2D eigenvalue weighted by atomic mass is 10.1. The molecular weight excluding hydrogens is 406 g/mol. The Kier molecular flexibility index (Phi) is 5.73. The first-order valence-corrected chi connectivity index (χ1v) is 10.0. The Bertz CT molecular complexity index is 1190. The van der Waals surface area contributed by atoms with Crippen LogP contribution >= 0.6 is 0 Å². The SMILES string of the molecule is COc1c(F)c(F)cc2c(=O)c(C(=O)N[C@H](CO)Cc3ccccc3)cn(C3CC3)c12. The number of benzene rings is 2. The highest BCUT2D eigenvalue weighted by Gasteiger charge is 2.30. The highest BCUT2D eigenvalue weighted by Crippen LogP contribution is 2.40. The van der Waals surface area contributed by atoms with Gasteiger partial charge in [0.2, 0.25) is 11.2 Å². The summed E-state index contributed by atoms with van der Waals surface area (Å²) < 4.78 is 35.1. The Balaban J connectivity index is 1.75. The van der Waals surface area contributed by atoms with Crippen LogP contribution in [0.2, 0.25) is 0 Å². The van der Waals surface area contributed by atoms with E-state index in [4.69, 9.17) is 4.74 Å². The number of aliphatic hydroxyl groups is 1. The zero-order valence-electron chi connectivity index (χ0n) is 16.9. The number of fused-ring (bicyclic) bond motifs is 1. The molecule has 0 aliphatic heterocycles. The van der Waals surface area contributed by atoms with Gasteiger partial charge >= 0.3 is 0 Å². The van der Waals surface area contributed by atoms with Crippen LogP contribution < -0.4 is 15.5 Å². The lowest BCUT2D eigenvalue weighted by Crippen LogP contribution is -2.41. The van der Waals surface area contributed by atoms with Crippen molar-refractivity contribution in [2.75, 3.05) is 13.7 Å². The van der Waals surface area contributed by atoms with E-state index in [2.05, 4.69) is 5.32 Å². The van der Waals surface area contributed by atoms with Gasteiger partial charge in [-0.3, -0.25) is 9.59 Å². The summed E-state index contributed by atoms with van der Waals surface area (Å²) in [6.45, 7) is -0.321. The second-order valence-corrected chi connectivity index (χ2v) is 7.65. The van der Waals surface area contributed by atoms with Crippen LogP contribution in [0.15, 0.2) is 47.4 Å². The van der Waals surface area contributed by atoms with Crippen molar-refractivity contribution in [3.63, 3.8) is 0 Å². The number of nitrogens with one attached hydrogen (secondary N) is 1. The van der Waals surface area contributed by atoms with E-state index in [-0.39, 0.29) is 34.9 Å². The van der Waals surface area contributed by atoms with Gasteiger partial charge in [-0.25, -0.2) is 4.39 Å². The first kappa shape index (κ1) is 21.0. The van der Waals surface area contributed by atoms with Crippen molar-refractivity contribution in [3.8, 4) is 5.75 Å². The number of pyridine rings is 1. The lowest BCUT2D eigenvalue weighted by molar-refractivity contribution is 0.0915. The zero-order chi connectivity index (χ0) is 22.1. The molecule has 1 aliphatic rings. The van der Waals surface area contributed by atoms with Crippen molar-refractivity contribution in [1.29, 1.82) is 0 Å². The number of aromatic nitrogens is 1. The number of carbonyl (C=O) groups is 1. The third-order valence-corrected chi connectivity index (χ3v) is 5.44. The number of amides is 1. The molecule has 1 saturated carbocycles. The smallest absolute Gasteiger partial charge is 0.257 e. The fourth-order valence-electron chi connectivity index (χ4n) is 3.74. The number of aliphatic hydroxyl groups excluding tert-OH is 1. The summed E-state index contributed by atoms with van der Waals surface area (Å²) in [5.74, 6) is -3.44. The lowest BCUT2D eigenvalue weighted by Gasteiger charge is -2.19. The number of halogens is 2. The van der Waals surface area contributed by atoms with Gasteiger partial charge in [0.05, 0.1) is 30.7 Å². The molecule has 1 fully saturated rings. The van der Waals surface area contributed by atoms with Crippen LogP contribution in [0.25, 0.3) is 10.9 Å². The predicted molar refractivity (Wildman–Crippen MR) is 111 cm³/mol. The Labute approximate surface area is 177 Å². The Morgan fingerprint density at radius 1 is 1.29 bits per heavy atom. The Hall–Kier alpha value is -3.26. The van der Waals surface area contributed by atoms with Crippen LogP contribution in [0.4, 0.5) is 8.78 Å². The van der Waals surface area contributed by atoms with Gasteiger partial charge in [0.15, 0.2) is 11.6 Å². The quantitative estimate of drug-likeness (QED) is 0.606. The van der Waals surface area contributed by atoms with Crippen LogP contribution in [0.1, 0.15) is 34.8 Å². The van der Waals surface area contributed by atoms with Crippen LogP contribution in [-0.4, -0.2) is 35.3 Å². The number of hydrogen-bond acceptors (Lipinski definition) is 4. The maximum absolute atomic E-state index is 14.3. The van der Waals surface area contributed by atoms with E-state index in [1.807, 2.05) is 30.3 Å². The Morgan fingerprint density at radius 3 is 2.61 bits per heavy atom. The van der Waals surface area contributed by atoms with Crippen molar-refractivity contribution in [3.05, 3.63) is 75.6 Å². The molecule has 0 saturated heterocycles. The topological polar surface area (TPSA) is 80.6 Å². The molecule has 1 aromatic heterocycles. The third-order valence-electron chi connectivity index (χ3n) is 5.44. The van der Waals surface area contributed by atoms with E-state index < -0.39 is 29.0 Å². The highest BCUT2D eigenvalue weighted by atomic mass is 19.2. The first-order chi connectivity index (χ1) is 14.9. The standard InChI is InChI=1S/C23H22F2N2O4/c1-31-22-19(25)18(24)10-16-20(22)27(15-7-8-15)11-17(21(16)29)23(30)26-14(12-28)9-13-5-3-2-4-6-13/h2-6,10-11,14-15,28H,7-9,12H2,1H3,(H,26,30)/t14-/m0/s1. The van der Waals surface area contributed by atoms with Crippen LogP contribution in [0.3, 0.4) is 0 Å². The van der Waals surface area contributed by atoms with Crippen molar-refractivity contribution < 1.29 is 23.4 Å². The molecule has 0 unspecified atom stereocenters. The molecule has 2 aromatic carbocycles. The van der Waals surface area contributed by atoms with Crippen molar-refractivity contribution in [1.82, 2.24) is 9.88 Å². The molecule has 1 atom stereocenters. The molecule has 31 heavy (non-hydrogen) atoms. The molecule has 3 aromatic rings. The van der Waals surface area contributed by atoms with E-state index in [0.717, 1.165) is 24.5 Å². The van der Waals surface area contributed by atoms with E-state index in [1.165, 1.54) is 13.3 Å². The summed E-state index contributed by atoms with van der Waals surface area (Å²) in [4.78, 5) is 26.0. The van der Waals surface area contributed by atoms with Gasteiger partial charge in [-0.15, -0.1) is 0 Å². The number of ether oxygens (including phenoxy) is 1. The number of rotatable bonds is 7. The average Bonchev–Trinajstić information content (AvgIpc) is 3.61. The van der Waals surface area contributed by atoms with Crippen molar-refractivity contribution in [2.45, 2.75) is 31.3 Å². The molecule has 1 aliphatic carbocycles. The molecule has 1 heterocycles. The van der Waals surface area contributed by atoms with Gasteiger partial charge in [0.1, 0.15) is 5.56 Å². The fourth-order valence-corrected chi connectivity index (χ4v) is 3.74. The number of carbonyl (C=O) groups excluding carboxylic acids is 1. The zero-order valence-corrected chi connectivity index (χ0v) is 16.9. The minimum absolute atomic E-state index is 0.0358. The Morgan fingerprint density at radius 2 is 2.00 bits per heavy atom. The molecule has 4 rings (SSSR count).